The van der Waals surface area contributed by atoms with Crippen LogP contribution in [0.1, 0.15) is 13.3 Å². The molecule has 0 aliphatic carbocycles. The number of aromatic nitrogens is 1. The first-order valence-electron chi connectivity index (χ1n) is 10.5. The lowest BCUT2D eigenvalue weighted by Crippen LogP contribution is -2.31. The number of aromatic hydroxyl groups is 1. The fraction of sp³-hybridized carbons (Fsp3) is 0.320. The number of likely N-dealkylation sites (N-methyl/N-ethyl adjacent to an activating group) is 1. The first-order chi connectivity index (χ1) is 14.5. The van der Waals surface area contributed by atoms with Gasteiger partial charge in [0.2, 0.25) is 0 Å². The number of para-hydroxylation sites is 1. The van der Waals surface area contributed by atoms with Gasteiger partial charge in [-0.2, -0.15) is 0 Å². The molecule has 4 rings (SSSR count). The van der Waals surface area contributed by atoms with Gasteiger partial charge in [-0.3, -0.25) is 0 Å². The zero-order chi connectivity index (χ0) is 21.1. The van der Waals surface area contributed by atoms with Crippen LogP contribution >= 0.6 is 0 Å². The Morgan fingerprint density at radius 2 is 1.83 bits per heavy atom. The maximum Gasteiger partial charge on any atom is 0.129 e. The molecule has 1 aliphatic heterocycles. The van der Waals surface area contributed by atoms with E-state index in [4.69, 9.17) is 9.72 Å². The van der Waals surface area contributed by atoms with Gasteiger partial charge in [-0.05, 0) is 75.5 Å². The van der Waals surface area contributed by atoms with E-state index in [9.17, 15) is 5.11 Å². The molecule has 5 nitrogen and oxygen atoms in total. The van der Waals surface area contributed by atoms with Gasteiger partial charge in [-0.25, -0.2) is 4.98 Å². The van der Waals surface area contributed by atoms with Crippen molar-refractivity contribution < 1.29 is 9.84 Å². The molecule has 1 aromatic heterocycles. The average molecular weight is 404 g/mol. The van der Waals surface area contributed by atoms with Gasteiger partial charge >= 0.3 is 0 Å². The molecule has 1 fully saturated rings. The summed E-state index contributed by atoms with van der Waals surface area (Å²) in [4.78, 5) is 9.64. The largest absolute Gasteiger partial charge is 0.508 e. The van der Waals surface area contributed by atoms with Gasteiger partial charge in [0.15, 0.2) is 0 Å². The minimum Gasteiger partial charge on any atom is -0.508 e. The van der Waals surface area contributed by atoms with Gasteiger partial charge in [0.1, 0.15) is 17.3 Å². The lowest BCUT2D eigenvalue weighted by molar-refractivity contribution is 0.315. The molecular formula is C25H29N3O2. The Morgan fingerprint density at radius 3 is 2.53 bits per heavy atom. The van der Waals surface area contributed by atoms with Crippen LogP contribution in [0.5, 0.6) is 11.5 Å². The Hall–Kier alpha value is -3.05. The number of anilines is 1. The van der Waals surface area contributed by atoms with E-state index in [1.807, 2.05) is 37.3 Å². The van der Waals surface area contributed by atoms with E-state index in [1.54, 1.807) is 12.1 Å². The van der Waals surface area contributed by atoms with Gasteiger partial charge in [-0.15, -0.1) is 0 Å². The van der Waals surface area contributed by atoms with Crippen molar-refractivity contribution in [1.29, 1.82) is 0 Å². The van der Waals surface area contributed by atoms with Crippen molar-refractivity contribution in [3.05, 3.63) is 60.7 Å². The van der Waals surface area contributed by atoms with Crippen LogP contribution in [0.4, 0.5) is 5.82 Å². The standard InChI is InChI=1S/C25H29N3O2/c1-4-30-24-8-6-5-7-22(24)19-15-23(18-9-11-21(29)12-10-18)26-25(16-19)28-14-13-20(17-28)27(2)3/h5-12,15-16,20,29H,4,13-14,17H2,1-3H3. The number of ether oxygens (including phenoxy) is 1. The molecule has 1 saturated heterocycles. The lowest BCUT2D eigenvalue weighted by atomic mass is 10.0. The number of pyridine rings is 1. The maximum atomic E-state index is 9.69. The second-order valence-corrected chi connectivity index (χ2v) is 7.93. The van der Waals surface area contributed by atoms with Crippen LogP contribution in [-0.2, 0) is 0 Å². The van der Waals surface area contributed by atoms with Crippen LogP contribution in [0.25, 0.3) is 22.4 Å². The normalized spacial score (nSPS) is 16.3. The summed E-state index contributed by atoms with van der Waals surface area (Å²) in [6, 6.07) is 20.2. The van der Waals surface area contributed by atoms with E-state index in [2.05, 4.69) is 42.1 Å². The highest BCUT2D eigenvalue weighted by molar-refractivity contribution is 5.77. The molecule has 2 aromatic carbocycles. The van der Waals surface area contributed by atoms with Crippen molar-refractivity contribution in [1.82, 2.24) is 9.88 Å². The highest BCUT2D eigenvalue weighted by Gasteiger charge is 2.25. The molecule has 0 spiro atoms. The van der Waals surface area contributed by atoms with Crippen LogP contribution in [0.2, 0.25) is 0 Å². The predicted molar refractivity (Wildman–Crippen MR) is 122 cm³/mol. The van der Waals surface area contributed by atoms with Crippen molar-refractivity contribution in [2.75, 3.05) is 38.7 Å². The molecule has 2 heterocycles. The Bertz CT molecular complexity index is 1000. The van der Waals surface area contributed by atoms with E-state index >= 15 is 0 Å². The highest BCUT2D eigenvalue weighted by atomic mass is 16.5. The minimum atomic E-state index is 0.255. The zero-order valence-electron chi connectivity index (χ0n) is 17.9. The second kappa shape index (κ2) is 8.76. The van der Waals surface area contributed by atoms with Crippen molar-refractivity contribution in [2.24, 2.45) is 0 Å². The fourth-order valence-corrected chi connectivity index (χ4v) is 3.97. The maximum absolute atomic E-state index is 9.69. The number of hydrogen-bond acceptors (Lipinski definition) is 5. The van der Waals surface area contributed by atoms with Crippen molar-refractivity contribution in [3.8, 4) is 33.9 Å². The smallest absolute Gasteiger partial charge is 0.129 e. The highest BCUT2D eigenvalue weighted by Crippen LogP contribution is 2.35. The SMILES string of the molecule is CCOc1ccccc1-c1cc(-c2ccc(O)cc2)nc(N2CCC(N(C)C)C2)c1. The lowest BCUT2D eigenvalue weighted by Gasteiger charge is -2.22. The number of phenols is 1. The predicted octanol–water partition coefficient (Wildman–Crippen LogP) is 4.66. The van der Waals surface area contributed by atoms with Crippen LogP contribution in [-0.4, -0.2) is 54.8 Å². The Morgan fingerprint density at radius 1 is 1.07 bits per heavy atom. The molecule has 0 saturated carbocycles. The molecular weight excluding hydrogens is 374 g/mol. The summed E-state index contributed by atoms with van der Waals surface area (Å²) in [7, 11) is 4.27. The first kappa shape index (κ1) is 20.2. The first-order valence-corrected chi connectivity index (χ1v) is 10.5. The molecule has 1 aliphatic rings. The van der Waals surface area contributed by atoms with Crippen LogP contribution in [0, 0.1) is 0 Å². The molecule has 0 radical (unpaired) electrons. The summed E-state index contributed by atoms with van der Waals surface area (Å²) in [5, 5.41) is 9.69. The van der Waals surface area contributed by atoms with Crippen LogP contribution in [0.15, 0.2) is 60.7 Å². The van der Waals surface area contributed by atoms with Crippen molar-refractivity contribution in [2.45, 2.75) is 19.4 Å². The van der Waals surface area contributed by atoms with E-state index in [1.165, 1.54) is 0 Å². The second-order valence-electron chi connectivity index (χ2n) is 7.93. The van der Waals surface area contributed by atoms with E-state index in [0.717, 1.165) is 53.5 Å². The molecule has 0 bridgehead atoms. The molecule has 1 atom stereocenters. The Kier molecular flexibility index (Phi) is 5.91. The molecule has 156 valence electrons. The monoisotopic (exact) mass is 403 g/mol. The van der Waals surface area contributed by atoms with Crippen molar-refractivity contribution in [3.63, 3.8) is 0 Å². The molecule has 0 amide bonds. The van der Waals surface area contributed by atoms with Gasteiger partial charge in [0.05, 0.1) is 12.3 Å². The number of benzene rings is 2. The van der Waals surface area contributed by atoms with Gasteiger partial charge in [-0.1, -0.05) is 18.2 Å². The van der Waals surface area contributed by atoms with Crippen LogP contribution < -0.4 is 9.64 Å². The minimum absolute atomic E-state index is 0.255. The topological polar surface area (TPSA) is 48.8 Å². The number of rotatable bonds is 6. The van der Waals surface area contributed by atoms with E-state index in [0.29, 0.717) is 12.6 Å². The number of nitrogens with zero attached hydrogens (tertiary/aromatic N) is 3. The van der Waals surface area contributed by atoms with Crippen molar-refractivity contribution >= 4 is 5.82 Å². The zero-order valence-corrected chi connectivity index (χ0v) is 17.9. The van der Waals surface area contributed by atoms with E-state index < -0.39 is 0 Å². The summed E-state index contributed by atoms with van der Waals surface area (Å²) in [6.07, 6.45) is 1.13. The summed E-state index contributed by atoms with van der Waals surface area (Å²) in [6.45, 7) is 4.58. The van der Waals surface area contributed by atoms with Gasteiger partial charge < -0.3 is 19.6 Å². The van der Waals surface area contributed by atoms with E-state index in [-0.39, 0.29) is 5.75 Å². The number of hydrogen-bond donors (Lipinski definition) is 1. The third kappa shape index (κ3) is 4.26. The molecule has 3 aromatic rings. The fourth-order valence-electron chi connectivity index (χ4n) is 3.97. The van der Waals surface area contributed by atoms with Gasteiger partial charge in [0, 0.05) is 30.3 Å². The Labute approximate surface area is 178 Å². The van der Waals surface area contributed by atoms with Crippen LogP contribution in [0.3, 0.4) is 0 Å². The summed E-state index contributed by atoms with van der Waals surface area (Å²) in [5.74, 6) is 2.11. The quantitative estimate of drug-likeness (QED) is 0.649. The summed E-state index contributed by atoms with van der Waals surface area (Å²) < 4.78 is 5.89. The summed E-state index contributed by atoms with van der Waals surface area (Å²) in [5.41, 5.74) is 4.02. The molecule has 5 heteroatoms. The third-order valence-corrected chi connectivity index (χ3v) is 5.69. The molecule has 1 N–H and O–H groups in total. The Balaban J connectivity index is 1.80. The molecule has 30 heavy (non-hydrogen) atoms. The number of phenolic OH excluding ortho intramolecular Hbond substituents is 1. The average Bonchev–Trinajstić information content (AvgIpc) is 3.25. The summed E-state index contributed by atoms with van der Waals surface area (Å²) >= 11 is 0. The molecule has 1 unspecified atom stereocenters. The third-order valence-electron chi connectivity index (χ3n) is 5.69. The van der Waals surface area contributed by atoms with Gasteiger partial charge in [0.25, 0.3) is 0 Å².